The highest BCUT2D eigenvalue weighted by atomic mass is 16.1. The molecule has 0 fully saturated rings. The smallest absolute Gasteiger partial charge is 0.264 e. The number of aromatic nitrogens is 3. The van der Waals surface area contributed by atoms with Gasteiger partial charge in [-0.25, -0.2) is 5.10 Å². The van der Waals surface area contributed by atoms with Crippen LogP contribution in [0.1, 0.15) is 45.8 Å². The van der Waals surface area contributed by atoms with Crippen molar-refractivity contribution >= 4 is 11.9 Å². The number of rotatable bonds is 5. The molecule has 2 N–H and O–H groups in total. The molecule has 0 aliphatic carbocycles. The lowest BCUT2D eigenvalue weighted by molar-refractivity contribution is 0.103. The van der Waals surface area contributed by atoms with Crippen molar-refractivity contribution in [3.8, 4) is 0 Å². The minimum Gasteiger partial charge on any atom is -0.355 e. The Kier molecular flexibility index (Phi) is 4.24. The fourth-order valence-electron chi connectivity index (χ4n) is 2.48. The van der Waals surface area contributed by atoms with Gasteiger partial charge in [-0.05, 0) is 23.8 Å². The Bertz CT molecular complexity index is 915. The maximum absolute atomic E-state index is 12.5. The molecule has 24 heavy (non-hydrogen) atoms. The summed E-state index contributed by atoms with van der Waals surface area (Å²) in [6.45, 7) is 5.66. The van der Waals surface area contributed by atoms with E-state index in [0.717, 1.165) is 17.0 Å². The van der Waals surface area contributed by atoms with Crippen molar-refractivity contribution in [3.63, 3.8) is 0 Å². The third-order valence-corrected chi connectivity index (χ3v) is 3.97. The summed E-state index contributed by atoms with van der Waals surface area (Å²) in [6, 6.07) is 14.0. The van der Waals surface area contributed by atoms with Crippen LogP contribution in [0.5, 0.6) is 0 Å². The molecular formula is C19H17N3O2. The van der Waals surface area contributed by atoms with Gasteiger partial charge < -0.3 is 4.98 Å². The highest BCUT2D eigenvalue weighted by molar-refractivity contribution is 6.07. The number of carbonyl (C=O) groups excluding carboxylic acids is 1. The Morgan fingerprint density at radius 2 is 1.88 bits per heavy atom. The van der Waals surface area contributed by atoms with E-state index in [9.17, 15) is 9.59 Å². The molecule has 0 bridgehead atoms. The highest BCUT2D eigenvalue weighted by Gasteiger charge is 2.16. The average molecular weight is 319 g/mol. The Hall–Kier alpha value is -3.21. The van der Waals surface area contributed by atoms with E-state index in [1.54, 1.807) is 30.3 Å². The van der Waals surface area contributed by atoms with E-state index in [4.69, 9.17) is 0 Å². The normalized spacial score (nSPS) is 11.9. The third-order valence-electron chi connectivity index (χ3n) is 3.97. The summed E-state index contributed by atoms with van der Waals surface area (Å²) >= 11 is 0. The third kappa shape index (κ3) is 3.10. The first-order chi connectivity index (χ1) is 11.6. The molecule has 0 saturated carbocycles. The predicted molar refractivity (Wildman–Crippen MR) is 93.1 cm³/mol. The molecule has 5 heteroatoms. The van der Waals surface area contributed by atoms with Crippen LogP contribution in [-0.4, -0.2) is 21.0 Å². The maximum atomic E-state index is 12.5. The largest absolute Gasteiger partial charge is 0.355 e. The molecule has 5 nitrogen and oxygen atoms in total. The lowest BCUT2D eigenvalue weighted by Crippen LogP contribution is -2.10. The van der Waals surface area contributed by atoms with E-state index in [1.165, 1.54) is 6.07 Å². The van der Waals surface area contributed by atoms with Crippen LogP contribution < -0.4 is 5.56 Å². The quantitative estimate of drug-likeness (QED) is 0.709. The van der Waals surface area contributed by atoms with Crippen molar-refractivity contribution in [2.45, 2.75) is 12.8 Å². The Morgan fingerprint density at radius 1 is 1.12 bits per heavy atom. The van der Waals surface area contributed by atoms with Crippen LogP contribution in [0.3, 0.4) is 0 Å². The minimum atomic E-state index is -0.240. The van der Waals surface area contributed by atoms with Crippen LogP contribution in [0.4, 0.5) is 0 Å². The molecule has 0 aliphatic rings. The van der Waals surface area contributed by atoms with Crippen molar-refractivity contribution in [1.82, 2.24) is 15.2 Å². The standard InChI is InChI=1S/C19H17N3O2/c1-3-13-4-6-14(7-5-13)19(24)17-9-8-15(20-17)12(2)16-10-11-18(23)22-21-16/h3-12,20H,1H2,2H3,(H,22,23). The van der Waals surface area contributed by atoms with E-state index < -0.39 is 0 Å². The average Bonchev–Trinajstić information content (AvgIpc) is 3.11. The number of nitrogens with zero attached hydrogens (tertiary/aromatic N) is 1. The van der Waals surface area contributed by atoms with Crippen molar-refractivity contribution < 1.29 is 4.79 Å². The van der Waals surface area contributed by atoms with Crippen LogP contribution in [-0.2, 0) is 0 Å². The summed E-state index contributed by atoms with van der Waals surface area (Å²) in [4.78, 5) is 26.8. The Balaban J connectivity index is 1.83. The van der Waals surface area contributed by atoms with Gasteiger partial charge in [0, 0.05) is 23.2 Å². The van der Waals surface area contributed by atoms with Crippen molar-refractivity contribution in [3.05, 3.63) is 93.7 Å². The Morgan fingerprint density at radius 3 is 2.50 bits per heavy atom. The molecule has 0 aliphatic heterocycles. The number of ketones is 1. The van der Waals surface area contributed by atoms with Gasteiger partial charge >= 0.3 is 0 Å². The second kappa shape index (κ2) is 6.50. The van der Waals surface area contributed by atoms with E-state index in [1.807, 2.05) is 25.1 Å². The first-order valence-electron chi connectivity index (χ1n) is 7.60. The molecule has 1 atom stereocenters. The lowest BCUT2D eigenvalue weighted by Gasteiger charge is -2.08. The van der Waals surface area contributed by atoms with Crippen LogP contribution in [0.25, 0.3) is 6.08 Å². The maximum Gasteiger partial charge on any atom is 0.264 e. The SMILES string of the molecule is C=Cc1ccc(C(=O)c2ccc(C(C)c3ccc(=O)[nH]n3)[nH]2)cc1. The number of aromatic amines is 2. The molecule has 2 heterocycles. The first kappa shape index (κ1) is 15.7. The van der Waals surface area contributed by atoms with Gasteiger partial charge in [0.15, 0.2) is 0 Å². The van der Waals surface area contributed by atoms with Crippen LogP contribution in [0, 0.1) is 0 Å². The van der Waals surface area contributed by atoms with Gasteiger partial charge in [-0.1, -0.05) is 43.8 Å². The highest BCUT2D eigenvalue weighted by Crippen LogP contribution is 2.22. The number of nitrogens with one attached hydrogen (secondary N) is 2. The van der Waals surface area contributed by atoms with Crippen molar-refractivity contribution in [1.29, 1.82) is 0 Å². The van der Waals surface area contributed by atoms with Gasteiger partial charge in [-0.2, -0.15) is 5.10 Å². The zero-order chi connectivity index (χ0) is 17.1. The summed E-state index contributed by atoms with van der Waals surface area (Å²) in [6.07, 6.45) is 1.74. The summed E-state index contributed by atoms with van der Waals surface area (Å²) in [5.41, 5.74) is 3.45. The van der Waals surface area contributed by atoms with Crippen molar-refractivity contribution in [2.24, 2.45) is 0 Å². The number of hydrogen-bond acceptors (Lipinski definition) is 3. The van der Waals surface area contributed by atoms with Gasteiger partial charge in [0.1, 0.15) is 0 Å². The zero-order valence-electron chi connectivity index (χ0n) is 13.2. The Labute approximate surface area is 139 Å². The van der Waals surface area contributed by atoms with Crippen LogP contribution in [0.15, 0.2) is 59.9 Å². The van der Waals surface area contributed by atoms with E-state index in [0.29, 0.717) is 11.3 Å². The van der Waals surface area contributed by atoms with Gasteiger partial charge in [0.05, 0.1) is 11.4 Å². The zero-order valence-corrected chi connectivity index (χ0v) is 13.2. The van der Waals surface area contributed by atoms with E-state index in [2.05, 4.69) is 21.8 Å². The molecule has 3 rings (SSSR count). The summed E-state index contributed by atoms with van der Waals surface area (Å²) in [5.74, 6) is -0.134. The topological polar surface area (TPSA) is 78.6 Å². The number of carbonyl (C=O) groups is 1. The summed E-state index contributed by atoms with van der Waals surface area (Å²) in [5, 5.41) is 6.46. The second-order valence-electron chi connectivity index (χ2n) is 5.55. The molecule has 0 saturated heterocycles. The molecule has 1 aromatic carbocycles. The first-order valence-corrected chi connectivity index (χ1v) is 7.60. The van der Waals surface area contributed by atoms with Gasteiger partial charge in [-0.3, -0.25) is 9.59 Å². The fourth-order valence-corrected chi connectivity index (χ4v) is 2.48. The molecule has 120 valence electrons. The fraction of sp³-hybridized carbons (Fsp3) is 0.105. The second-order valence-corrected chi connectivity index (χ2v) is 5.55. The molecule has 0 amide bonds. The minimum absolute atomic E-state index is 0.0634. The van der Waals surface area contributed by atoms with Crippen LogP contribution in [0.2, 0.25) is 0 Å². The molecule has 3 aromatic rings. The number of benzene rings is 1. The van der Waals surface area contributed by atoms with Gasteiger partial charge in [-0.15, -0.1) is 0 Å². The molecule has 2 aromatic heterocycles. The van der Waals surface area contributed by atoms with Gasteiger partial charge in [0.25, 0.3) is 5.56 Å². The van der Waals surface area contributed by atoms with Crippen molar-refractivity contribution in [2.75, 3.05) is 0 Å². The molecule has 1 unspecified atom stereocenters. The number of H-pyrrole nitrogens is 2. The van der Waals surface area contributed by atoms with Crippen LogP contribution >= 0.6 is 0 Å². The summed E-state index contributed by atoms with van der Waals surface area (Å²) < 4.78 is 0. The monoisotopic (exact) mass is 319 g/mol. The molecular weight excluding hydrogens is 302 g/mol. The molecule has 0 spiro atoms. The predicted octanol–water partition coefficient (Wildman–Crippen LogP) is 3.12. The molecule has 0 radical (unpaired) electrons. The summed E-state index contributed by atoms with van der Waals surface area (Å²) in [7, 11) is 0. The van der Waals surface area contributed by atoms with E-state index in [-0.39, 0.29) is 17.3 Å². The van der Waals surface area contributed by atoms with Gasteiger partial charge in [0.2, 0.25) is 5.78 Å². The van der Waals surface area contributed by atoms with E-state index >= 15 is 0 Å². The lowest BCUT2D eigenvalue weighted by atomic mass is 10.0. The number of hydrogen-bond donors (Lipinski definition) is 2.